The Bertz CT molecular complexity index is 525. The Morgan fingerprint density at radius 1 is 1.56 bits per heavy atom. The van der Waals surface area contributed by atoms with Crippen LogP contribution in [-0.4, -0.2) is 15.5 Å². The van der Waals surface area contributed by atoms with Gasteiger partial charge in [-0.2, -0.15) is 0 Å². The third-order valence-electron chi connectivity index (χ3n) is 2.61. The normalized spacial score (nSPS) is 12.1. The molecule has 1 heterocycles. The Hall–Kier alpha value is -1.81. The van der Waals surface area contributed by atoms with Crippen molar-refractivity contribution in [3.63, 3.8) is 0 Å². The van der Waals surface area contributed by atoms with Crippen molar-refractivity contribution >= 4 is 17.5 Å². The van der Waals surface area contributed by atoms with E-state index in [1.807, 2.05) is 31.2 Å². The van der Waals surface area contributed by atoms with Crippen LogP contribution in [-0.2, 0) is 11.3 Å². The van der Waals surface area contributed by atoms with Crippen molar-refractivity contribution in [3.8, 4) is 0 Å². The van der Waals surface area contributed by atoms with Crippen LogP contribution in [0.25, 0.3) is 0 Å². The lowest BCUT2D eigenvalue weighted by Gasteiger charge is -2.14. The Balaban J connectivity index is 1.95. The van der Waals surface area contributed by atoms with Crippen LogP contribution in [0.15, 0.2) is 43.0 Å². The molecule has 0 spiro atoms. The summed E-state index contributed by atoms with van der Waals surface area (Å²) in [5.41, 5.74) is 0.987. The molecule has 1 aromatic carbocycles. The number of hydrogen-bond donors (Lipinski definition) is 1. The molecule has 18 heavy (non-hydrogen) atoms. The first-order chi connectivity index (χ1) is 8.65. The lowest BCUT2D eigenvalue weighted by molar-refractivity contribution is -0.122. The first-order valence-electron chi connectivity index (χ1n) is 5.66. The van der Waals surface area contributed by atoms with Gasteiger partial charge in [-0.05, 0) is 24.6 Å². The van der Waals surface area contributed by atoms with E-state index in [-0.39, 0.29) is 18.5 Å². The molecular formula is C13H14ClN3O. The average Bonchev–Trinajstić information content (AvgIpc) is 2.81. The molecule has 1 N–H and O–H groups in total. The van der Waals surface area contributed by atoms with E-state index in [1.165, 1.54) is 0 Å². The second-order valence-electron chi connectivity index (χ2n) is 4.08. The second-order valence-corrected chi connectivity index (χ2v) is 4.52. The molecule has 0 fully saturated rings. The van der Waals surface area contributed by atoms with Crippen molar-refractivity contribution in [3.05, 3.63) is 53.6 Å². The van der Waals surface area contributed by atoms with Crippen LogP contribution in [0.5, 0.6) is 0 Å². The fourth-order valence-corrected chi connectivity index (χ4v) is 1.89. The van der Waals surface area contributed by atoms with Crippen LogP contribution in [0, 0.1) is 0 Å². The van der Waals surface area contributed by atoms with E-state index in [0.717, 1.165) is 5.56 Å². The van der Waals surface area contributed by atoms with Gasteiger partial charge in [0.2, 0.25) is 5.91 Å². The molecule has 0 aliphatic heterocycles. The lowest BCUT2D eigenvalue weighted by atomic mass is 10.1. The number of rotatable bonds is 4. The van der Waals surface area contributed by atoms with E-state index < -0.39 is 0 Å². The molecular weight excluding hydrogens is 250 g/mol. The molecule has 0 aliphatic carbocycles. The lowest BCUT2D eigenvalue weighted by Crippen LogP contribution is -2.29. The van der Waals surface area contributed by atoms with Gasteiger partial charge in [-0.25, -0.2) is 4.98 Å². The first-order valence-corrected chi connectivity index (χ1v) is 6.03. The van der Waals surface area contributed by atoms with Gasteiger partial charge in [0.15, 0.2) is 0 Å². The highest BCUT2D eigenvalue weighted by Gasteiger charge is 2.09. The zero-order chi connectivity index (χ0) is 13.0. The third kappa shape index (κ3) is 3.34. The fraction of sp³-hybridized carbons (Fsp3) is 0.231. The number of amides is 1. The van der Waals surface area contributed by atoms with Crippen LogP contribution in [0.1, 0.15) is 18.5 Å². The average molecular weight is 264 g/mol. The molecule has 0 bridgehead atoms. The van der Waals surface area contributed by atoms with E-state index >= 15 is 0 Å². The Labute approximate surface area is 111 Å². The van der Waals surface area contributed by atoms with E-state index in [0.29, 0.717) is 5.02 Å². The zero-order valence-corrected chi connectivity index (χ0v) is 10.8. The standard InChI is InChI=1S/C13H14ClN3O/c1-10(11-3-2-4-12(14)7-11)16-13(18)8-17-6-5-15-9-17/h2-7,9-10H,8H2,1H3,(H,16,18)/t10-/m1/s1. The predicted octanol–water partition coefficient (Wildman–Crippen LogP) is 2.41. The van der Waals surface area contributed by atoms with Crippen molar-refractivity contribution in [2.45, 2.75) is 19.5 Å². The van der Waals surface area contributed by atoms with Crippen molar-refractivity contribution in [1.29, 1.82) is 0 Å². The quantitative estimate of drug-likeness (QED) is 0.921. The van der Waals surface area contributed by atoms with Crippen LogP contribution < -0.4 is 5.32 Å². The van der Waals surface area contributed by atoms with E-state index in [9.17, 15) is 4.79 Å². The number of halogens is 1. The largest absolute Gasteiger partial charge is 0.348 e. The topological polar surface area (TPSA) is 46.9 Å². The van der Waals surface area contributed by atoms with Gasteiger partial charge in [-0.15, -0.1) is 0 Å². The third-order valence-corrected chi connectivity index (χ3v) is 2.85. The van der Waals surface area contributed by atoms with Gasteiger partial charge in [0, 0.05) is 17.4 Å². The van der Waals surface area contributed by atoms with Gasteiger partial charge >= 0.3 is 0 Å². The molecule has 1 atom stereocenters. The Kier molecular flexibility index (Phi) is 3.99. The molecule has 4 nitrogen and oxygen atoms in total. The first kappa shape index (κ1) is 12.6. The number of carbonyl (C=O) groups excluding carboxylic acids is 1. The minimum absolute atomic E-state index is 0.0551. The van der Waals surface area contributed by atoms with Crippen LogP contribution in [0.3, 0.4) is 0 Å². The Morgan fingerprint density at radius 2 is 2.39 bits per heavy atom. The SMILES string of the molecule is C[C@@H](NC(=O)Cn1ccnc1)c1cccc(Cl)c1. The number of benzene rings is 1. The molecule has 5 heteroatoms. The minimum atomic E-state index is -0.0697. The van der Waals surface area contributed by atoms with Gasteiger partial charge in [0.25, 0.3) is 0 Å². The highest BCUT2D eigenvalue weighted by molar-refractivity contribution is 6.30. The summed E-state index contributed by atoms with van der Waals surface area (Å²) in [5, 5.41) is 3.59. The number of nitrogens with one attached hydrogen (secondary N) is 1. The van der Waals surface area contributed by atoms with Gasteiger partial charge in [-0.1, -0.05) is 23.7 Å². The van der Waals surface area contributed by atoms with Crippen LogP contribution >= 0.6 is 11.6 Å². The number of carbonyl (C=O) groups is 1. The van der Waals surface area contributed by atoms with Gasteiger partial charge < -0.3 is 9.88 Å². The summed E-state index contributed by atoms with van der Waals surface area (Å²) in [6.07, 6.45) is 5.01. The fourth-order valence-electron chi connectivity index (χ4n) is 1.69. The molecule has 94 valence electrons. The summed E-state index contributed by atoms with van der Waals surface area (Å²) in [4.78, 5) is 15.7. The summed E-state index contributed by atoms with van der Waals surface area (Å²) in [6, 6.07) is 7.40. The summed E-state index contributed by atoms with van der Waals surface area (Å²) in [5.74, 6) is -0.0551. The number of imidazole rings is 1. The van der Waals surface area contributed by atoms with Gasteiger partial charge in [0.1, 0.15) is 6.54 Å². The molecule has 1 amide bonds. The molecule has 1 aromatic heterocycles. The maximum atomic E-state index is 11.8. The second kappa shape index (κ2) is 5.69. The van der Waals surface area contributed by atoms with Crippen LogP contribution in [0.2, 0.25) is 5.02 Å². The van der Waals surface area contributed by atoms with E-state index in [2.05, 4.69) is 10.3 Å². The summed E-state index contributed by atoms with van der Waals surface area (Å²) < 4.78 is 1.72. The van der Waals surface area contributed by atoms with E-state index in [1.54, 1.807) is 23.3 Å². The molecule has 2 rings (SSSR count). The zero-order valence-electron chi connectivity index (χ0n) is 10.0. The van der Waals surface area contributed by atoms with Crippen molar-refractivity contribution in [2.75, 3.05) is 0 Å². The number of aromatic nitrogens is 2. The molecule has 0 aliphatic rings. The molecule has 2 aromatic rings. The predicted molar refractivity (Wildman–Crippen MR) is 70.2 cm³/mol. The maximum Gasteiger partial charge on any atom is 0.240 e. The summed E-state index contributed by atoms with van der Waals surface area (Å²) >= 11 is 5.92. The van der Waals surface area contributed by atoms with E-state index in [4.69, 9.17) is 11.6 Å². The highest BCUT2D eigenvalue weighted by Crippen LogP contribution is 2.17. The smallest absolute Gasteiger partial charge is 0.240 e. The van der Waals surface area contributed by atoms with Crippen LogP contribution in [0.4, 0.5) is 0 Å². The molecule has 0 unspecified atom stereocenters. The molecule has 0 saturated carbocycles. The maximum absolute atomic E-state index is 11.8. The number of hydrogen-bond acceptors (Lipinski definition) is 2. The minimum Gasteiger partial charge on any atom is -0.348 e. The molecule has 0 radical (unpaired) electrons. The van der Waals surface area contributed by atoms with Crippen molar-refractivity contribution in [1.82, 2.24) is 14.9 Å². The van der Waals surface area contributed by atoms with Gasteiger partial charge in [-0.3, -0.25) is 4.79 Å². The number of nitrogens with zero attached hydrogens (tertiary/aromatic N) is 2. The van der Waals surface area contributed by atoms with Gasteiger partial charge in [0.05, 0.1) is 12.4 Å². The monoisotopic (exact) mass is 263 g/mol. The summed E-state index contributed by atoms with van der Waals surface area (Å²) in [7, 11) is 0. The van der Waals surface area contributed by atoms with Crippen molar-refractivity contribution < 1.29 is 4.79 Å². The molecule has 0 saturated heterocycles. The Morgan fingerprint density at radius 3 is 3.06 bits per heavy atom. The summed E-state index contributed by atoms with van der Waals surface area (Å²) in [6.45, 7) is 2.20. The van der Waals surface area contributed by atoms with Crippen molar-refractivity contribution in [2.24, 2.45) is 0 Å². The highest BCUT2D eigenvalue weighted by atomic mass is 35.5.